The van der Waals surface area contributed by atoms with Gasteiger partial charge in [-0.25, -0.2) is 18.7 Å². The zero-order valence-corrected chi connectivity index (χ0v) is 18.6. The fourth-order valence-electron chi connectivity index (χ4n) is 4.22. The second-order valence-electron chi connectivity index (χ2n) is 8.61. The van der Waals surface area contributed by atoms with Crippen LogP contribution in [0.4, 0.5) is 26.4 Å². The van der Waals surface area contributed by atoms with E-state index in [9.17, 15) is 13.9 Å². The Morgan fingerprint density at radius 3 is 2.52 bits per heavy atom. The molecule has 1 aromatic carbocycles. The number of rotatable bonds is 7. The van der Waals surface area contributed by atoms with Crippen molar-refractivity contribution in [3.8, 4) is 6.07 Å². The maximum Gasteiger partial charge on any atom is 0.225 e. The monoisotopic (exact) mass is 455 g/mol. The molecule has 1 atom stereocenters. The summed E-state index contributed by atoms with van der Waals surface area (Å²) in [6, 6.07) is 3.59. The van der Waals surface area contributed by atoms with Gasteiger partial charge in [-0.15, -0.1) is 0 Å². The van der Waals surface area contributed by atoms with Crippen LogP contribution in [-0.4, -0.2) is 37.3 Å². The van der Waals surface area contributed by atoms with Crippen molar-refractivity contribution in [2.75, 3.05) is 17.2 Å². The number of aliphatic hydroxyl groups is 1. The summed E-state index contributed by atoms with van der Waals surface area (Å²) < 4.78 is 31.1. The van der Waals surface area contributed by atoms with Gasteiger partial charge < -0.3 is 15.7 Å². The van der Waals surface area contributed by atoms with E-state index >= 15 is 0 Å². The topological polar surface area (TPSA) is 112 Å². The predicted molar refractivity (Wildman–Crippen MR) is 121 cm³/mol. The molecular weight excluding hydrogens is 428 g/mol. The van der Waals surface area contributed by atoms with Crippen LogP contribution in [0.5, 0.6) is 0 Å². The van der Waals surface area contributed by atoms with Crippen molar-refractivity contribution in [1.82, 2.24) is 19.5 Å². The third-order valence-corrected chi connectivity index (χ3v) is 6.24. The van der Waals surface area contributed by atoms with Gasteiger partial charge in [0.2, 0.25) is 11.9 Å². The van der Waals surface area contributed by atoms with E-state index in [1.807, 2.05) is 11.5 Å². The number of nitriles is 1. The largest absolute Gasteiger partial charge is 0.394 e. The normalized spacial score (nSPS) is 19.3. The number of anilines is 3. The molecule has 3 N–H and O–H groups in total. The first kappa shape index (κ1) is 22.9. The van der Waals surface area contributed by atoms with Crippen molar-refractivity contribution in [3.05, 3.63) is 35.5 Å². The van der Waals surface area contributed by atoms with Gasteiger partial charge in [-0.05, 0) is 50.2 Å². The lowest BCUT2D eigenvalue weighted by Crippen LogP contribution is -2.24. The third-order valence-electron chi connectivity index (χ3n) is 6.24. The molecule has 0 aliphatic heterocycles. The van der Waals surface area contributed by atoms with Gasteiger partial charge in [-0.2, -0.15) is 10.2 Å². The average Bonchev–Trinajstić information content (AvgIpc) is 3.17. The third kappa shape index (κ3) is 4.73. The zero-order chi connectivity index (χ0) is 23.5. The minimum absolute atomic E-state index is 0.0538. The van der Waals surface area contributed by atoms with Crippen LogP contribution in [0.1, 0.15) is 57.6 Å². The van der Waals surface area contributed by atoms with Crippen molar-refractivity contribution in [2.24, 2.45) is 5.92 Å². The molecule has 10 heteroatoms. The number of hydrogen-bond acceptors (Lipinski definition) is 7. The first-order valence-electron chi connectivity index (χ1n) is 11.2. The molecule has 0 amide bonds. The molecule has 0 unspecified atom stereocenters. The number of nitrogens with one attached hydrogen (secondary N) is 2. The maximum atomic E-state index is 14.6. The average molecular weight is 456 g/mol. The predicted octanol–water partition coefficient (Wildman–Crippen LogP) is 4.65. The van der Waals surface area contributed by atoms with Gasteiger partial charge in [0, 0.05) is 6.04 Å². The van der Waals surface area contributed by atoms with Crippen molar-refractivity contribution >= 4 is 28.7 Å². The minimum Gasteiger partial charge on any atom is -0.394 e. The molecule has 3 aromatic rings. The summed E-state index contributed by atoms with van der Waals surface area (Å²) in [6.07, 6.45) is 6.10. The molecule has 1 aliphatic carbocycles. The van der Waals surface area contributed by atoms with E-state index in [2.05, 4.69) is 32.5 Å². The van der Waals surface area contributed by atoms with Crippen molar-refractivity contribution in [3.63, 3.8) is 0 Å². The van der Waals surface area contributed by atoms with E-state index in [1.165, 1.54) is 0 Å². The molecule has 1 fully saturated rings. The molecule has 4 rings (SSSR count). The van der Waals surface area contributed by atoms with Gasteiger partial charge >= 0.3 is 0 Å². The molecule has 1 saturated carbocycles. The van der Waals surface area contributed by atoms with Gasteiger partial charge in [-0.1, -0.05) is 13.8 Å². The summed E-state index contributed by atoms with van der Waals surface area (Å²) in [5.74, 6) is -0.500. The van der Waals surface area contributed by atoms with Gasteiger partial charge in [0.15, 0.2) is 17.3 Å². The summed E-state index contributed by atoms with van der Waals surface area (Å²) in [4.78, 5) is 13.5. The maximum absolute atomic E-state index is 14.6. The summed E-state index contributed by atoms with van der Waals surface area (Å²) in [5, 5.41) is 24.4. The molecule has 2 aromatic heterocycles. The first-order chi connectivity index (χ1) is 15.9. The standard InChI is InChI=1S/C23H27F2N7O/c1-3-15(12-33)28-22-27-11-19-21(31-22)32(16-6-4-13(2)5-7-16)23(29-19)30-20-17(24)8-14(10-26)9-18(20)25/h8-9,11,13,15-16,33H,3-7,12H2,1-2H3,(H,29,30)(H,27,28,31)/t13?,15-,16?/m0/s1. The van der Waals surface area contributed by atoms with Crippen molar-refractivity contribution in [1.29, 1.82) is 5.26 Å². The fraction of sp³-hybridized carbons (Fsp3) is 0.478. The number of aromatic nitrogens is 4. The van der Waals surface area contributed by atoms with E-state index in [0.717, 1.165) is 37.8 Å². The van der Waals surface area contributed by atoms with E-state index in [1.54, 1.807) is 12.3 Å². The van der Waals surface area contributed by atoms with Crippen LogP contribution in [-0.2, 0) is 0 Å². The van der Waals surface area contributed by atoms with E-state index < -0.39 is 11.6 Å². The molecular formula is C23H27F2N7O. The van der Waals surface area contributed by atoms with Crippen LogP contribution < -0.4 is 10.6 Å². The number of halogens is 2. The Bertz CT molecular complexity index is 1150. The molecule has 2 heterocycles. The summed E-state index contributed by atoms with van der Waals surface area (Å²) in [7, 11) is 0. The Kier molecular flexibility index (Phi) is 6.70. The molecule has 174 valence electrons. The molecule has 8 nitrogen and oxygen atoms in total. The van der Waals surface area contributed by atoms with Gasteiger partial charge in [0.05, 0.1) is 30.5 Å². The van der Waals surface area contributed by atoms with Crippen LogP contribution in [0.3, 0.4) is 0 Å². The molecule has 0 radical (unpaired) electrons. The highest BCUT2D eigenvalue weighted by Crippen LogP contribution is 2.37. The second kappa shape index (κ2) is 9.67. The summed E-state index contributed by atoms with van der Waals surface area (Å²) >= 11 is 0. The lowest BCUT2D eigenvalue weighted by Gasteiger charge is -2.28. The number of nitrogens with zero attached hydrogens (tertiary/aromatic N) is 5. The van der Waals surface area contributed by atoms with Gasteiger partial charge in [0.1, 0.15) is 11.2 Å². The molecule has 1 aliphatic rings. The first-order valence-corrected chi connectivity index (χ1v) is 11.2. The number of fused-ring (bicyclic) bond motifs is 1. The second-order valence-corrected chi connectivity index (χ2v) is 8.61. The Morgan fingerprint density at radius 1 is 1.21 bits per heavy atom. The highest BCUT2D eigenvalue weighted by Gasteiger charge is 2.26. The Labute approximate surface area is 190 Å². The summed E-state index contributed by atoms with van der Waals surface area (Å²) in [6.45, 7) is 4.11. The van der Waals surface area contributed by atoms with E-state index in [0.29, 0.717) is 29.5 Å². The number of imidazole rings is 1. The summed E-state index contributed by atoms with van der Waals surface area (Å²) in [5.41, 5.74) is 0.582. The van der Waals surface area contributed by atoms with Crippen LogP contribution in [0, 0.1) is 28.9 Å². The number of benzene rings is 1. The fourth-order valence-corrected chi connectivity index (χ4v) is 4.22. The SMILES string of the molecule is CC[C@@H](CO)Nc1ncc2nc(Nc3c(F)cc(C#N)cc3F)n(C3CCC(C)CC3)c2n1. The van der Waals surface area contributed by atoms with Crippen LogP contribution >= 0.6 is 0 Å². The van der Waals surface area contributed by atoms with Crippen molar-refractivity contribution in [2.45, 2.75) is 58.0 Å². The lowest BCUT2D eigenvalue weighted by atomic mass is 9.87. The minimum atomic E-state index is -0.871. The lowest BCUT2D eigenvalue weighted by molar-refractivity contribution is 0.271. The quantitative estimate of drug-likeness (QED) is 0.475. The Morgan fingerprint density at radius 2 is 1.91 bits per heavy atom. The number of aliphatic hydroxyl groups excluding tert-OH is 1. The highest BCUT2D eigenvalue weighted by atomic mass is 19.1. The van der Waals surface area contributed by atoms with Crippen LogP contribution in [0.25, 0.3) is 11.2 Å². The van der Waals surface area contributed by atoms with E-state index in [4.69, 9.17) is 5.26 Å². The molecule has 33 heavy (non-hydrogen) atoms. The molecule has 0 spiro atoms. The number of hydrogen-bond donors (Lipinski definition) is 3. The van der Waals surface area contributed by atoms with Crippen LogP contribution in [0.15, 0.2) is 18.3 Å². The van der Waals surface area contributed by atoms with Gasteiger partial charge in [-0.3, -0.25) is 4.57 Å². The Balaban J connectivity index is 1.78. The highest BCUT2D eigenvalue weighted by molar-refractivity contribution is 5.77. The van der Waals surface area contributed by atoms with Crippen molar-refractivity contribution < 1.29 is 13.9 Å². The molecule has 0 saturated heterocycles. The zero-order valence-electron chi connectivity index (χ0n) is 18.6. The van der Waals surface area contributed by atoms with Crippen LogP contribution in [0.2, 0.25) is 0 Å². The van der Waals surface area contributed by atoms with E-state index in [-0.39, 0.29) is 35.9 Å². The molecule has 0 bridgehead atoms. The van der Waals surface area contributed by atoms with Gasteiger partial charge in [0.25, 0.3) is 0 Å². The smallest absolute Gasteiger partial charge is 0.225 e. The Hall–Kier alpha value is -3.32.